The molecule has 0 aliphatic carbocycles. The van der Waals surface area contributed by atoms with Gasteiger partial charge in [-0.3, -0.25) is 0 Å². The summed E-state index contributed by atoms with van der Waals surface area (Å²) in [5.74, 6) is 1.10. The van der Waals surface area contributed by atoms with Crippen LogP contribution in [0.5, 0.6) is 5.75 Å². The molecular weight excluding hydrogens is 226 g/mol. The second kappa shape index (κ2) is 4.37. The predicted molar refractivity (Wildman–Crippen MR) is 63.4 cm³/mol. The third kappa shape index (κ3) is 2.06. The minimum absolute atomic E-state index is 0.312. The molecule has 2 aromatic rings. The Morgan fingerprint density at radius 2 is 2.06 bits per heavy atom. The van der Waals surface area contributed by atoms with Gasteiger partial charge in [0.05, 0.1) is 7.11 Å². The first-order chi connectivity index (χ1) is 7.70. The zero-order valence-corrected chi connectivity index (χ0v) is 9.40. The number of nitrogens with two attached hydrogens (primary N) is 1. The number of aromatic nitrogens is 2. The molecule has 0 aliphatic rings. The van der Waals surface area contributed by atoms with Crippen LogP contribution in [0.15, 0.2) is 30.3 Å². The number of benzene rings is 1. The summed E-state index contributed by atoms with van der Waals surface area (Å²) < 4.78 is 5.14. The number of anilines is 1. The van der Waals surface area contributed by atoms with Crippen LogP contribution in [0.25, 0.3) is 11.1 Å². The highest BCUT2D eigenvalue weighted by atomic mass is 35.5. The highest BCUT2D eigenvalue weighted by Gasteiger charge is 2.06. The lowest BCUT2D eigenvalue weighted by molar-refractivity contribution is 0.415. The zero-order chi connectivity index (χ0) is 11.5. The number of nitrogens with zero attached hydrogens (tertiary/aromatic N) is 2. The average Bonchev–Trinajstić information content (AvgIpc) is 2.32. The molecule has 82 valence electrons. The van der Waals surface area contributed by atoms with E-state index >= 15 is 0 Å². The summed E-state index contributed by atoms with van der Waals surface area (Å²) in [6.45, 7) is 0. The first-order valence-corrected chi connectivity index (χ1v) is 5.01. The molecule has 0 amide bonds. The molecule has 0 bridgehead atoms. The fourth-order valence-electron chi connectivity index (χ4n) is 1.40. The van der Waals surface area contributed by atoms with Gasteiger partial charge in [0.2, 0.25) is 0 Å². The minimum Gasteiger partial charge on any atom is -0.497 e. The van der Waals surface area contributed by atoms with Gasteiger partial charge in [-0.05, 0) is 23.8 Å². The molecule has 0 unspecified atom stereocenters. The number of hydrogen-bond acceptors (Lipinski definition) is 4. The Kier molecular flexibility index (Phi) is 2.92. The van der Waals surface area contributed by atoms with E-state index in [1.165, 1.54) is 0 Å². The zero-order valence-electron chi connectivity index (χ0n) is 8.64. The van der Waals surface area contributed by atoms with Crippen molar-refractivity contribution >= 4 is 17.4 Å². The lowest BCUT2D eigenvalue weighted by atomic mass is 10.1. The molecule has 0 saturated heterocycles. The first-order valence-electron chi connectivity index (χ1n) is 4.64. The number of nitrogen functional groups attached to an aromatic ring is 1. The fraction of sp³-hybridized carbons (Fsp3) is 0.0909. The van der Waals surface area contributed by atoms with Gasteiger partial charge in [-0.2, -0.15) is 0 Å². The van der Waals surface area contributed by atoms with E-state index in [4.69, 9.17) is 22.1 Å². The molecule has 0 saturated carbocycles. The Hall–Kier alpha value is -1.81. The van der Waals surface area contributed by atoms with Gasteiger partial charge in [0.1, 0.15) is 5.75 Å². The van der Waals surface area contributed by atoms with Gasteiger partial charge in [-0.1, -0.05) is 23.7 Å². The normalized spacial score (nSPS) is 10.1. The van der Waals surface area contributed by atoms with Crippen LogP contribution in [-0.2, 0) is 0 Å². The molecular formula is C11H10ClN3O. The molecule has 1 aromatic heterocycles. The maximum Gasteiger partial charge on any atom is 0.154 e. The Morgan fingerprint density at radius 3 is 2.81 bits per heavy atom. The van der Waals surface area contributed by atoms with Crippen molar-refractivity contribution in [2.45, 2.75) is 0 Å². The molecule has 4 nitrogen and oxygen atoms in total. The predicted octanol–water partition coefficient (Wildman–Crippen LogP) is 2.39. The van der Waals surface area contributed by atoms with Crippen molar-refractivity contribution in [2.24, 2.45) is 0 Å². The highest BCUT2D eigenvalue weighted by molar-refractivity contribution is 6.29. The molecule has 5 heteroatoms. The van der Waals surface area contributed by atoms with Crippen molar-refractivity contribution < 1.29 is 4.74 Å². The van der Waals surface area contributed by atoms with Gasteiger partial charge in [0, 0.05) is 5.56 Å². The van der Waals surface area contributed by atoms with Crippen molar-refractivity contribution in [3.8, 4) is 16.9 Å². The molecule has 2 rings (SSSR count). The number of ether oxygens (including phenoxy) is 1. The van der Waals surface area contributed by atoms with Crippen LogP contribution in [0, 0.1) is 0 Å². The monoisotopic (exact) mass is 235 g/mol. The summed E-state index contributed by atoms with van der Waals surface area (Å²) in [5.41, 5.74) is 7.39. The molecule has 0 spiro atoms. The molecule has 0 atom stereocenters. The van der Waals surface area contributed by atoms with Gasteiger partial charge >= 0.3 is 0 Å². The van der Waals surface area contributed by atoms with Crippen molar-refractivity contribution in [1.82, 2.24) is 10.2 Å². The largest absolute Gasteiger partial charge is 0.497 e. The van der Waals surface area contributed by atoms with Crippen LogP contribution in [-0.4, -0.2) is 17.3 Å². The third-order valence-corrected chi connectivity index (χ3v) is 2.36. The number of rotatable bonds is 2. The summed E-state index contributed by atoms with van der Waals surface area (Å²) in [7, 11) is 1.61. The molecule has 0 fully saturated rings. The van der Waals surface area contributed by atoms with E-state index in [1.54, 1.807) is 13.2 Å². The lowest BCUT2D eigenvalue weighted by Crippen LogP contribution is -1.96. The average molecular weight is 236 g/mol. The lowest BCUT2D eigenvalue weighted by Gasteiger charge is -2.06. The van der Waals surface area contributed by atoms with Crippen LogP contribution in [0.3, 0.4) is 0 Å². The standard InChI is InChI=1S/C11H10ClN3O/c1-16-8-4-2-3-7(5-8)9-6-10(12)14-15-11(9)13/h2-6H,1H3,(H2,13,15). The Bertz CT molecular complexity index is 516. The van der Waals surface area contributed by atoms with E-state index in [0.717, 1.165) is 16.9 Å². The van der Waals surface area contributed by atoms with Crippen LogP contribution in [0.1, 0.15) is 0 Å². The smallest absolute Gasteiger partial charge is 0.154 e. The van der Waals surface area contributed by atoms with Crippen LogP contribution >= 0.6 is 11.6 Å². The molecule has 0 aliphatic heterocycles. The molecule has 0 radical (unpaired) electrons. The molecule has 1 aromatic carbocycles. The Balaban J connectivity index is 2.53. The second-order valence-electron chi connectivity index (χ2n) is 3.20. The van der Waals surface area contributed by atoms with E-state index < -0.39 is 0 Å². The quantitative estimate of drug-likeness (QED) is 0.868. The van der Waals surface area contributed by atoms with Crippen LogP contribution < -0.4 is 10.5 Å². The van der Waals surface area contributed by atoms with Gasteiger partial charge < -0.3 is 10.5 Å². The van der Waals surface area contributed by atoms with Crippen molar-refractivity contribution in [3.05, 3.63) is 35.5 Å². The maximum absolute atomic E-state index is 5.78. The summed E-state index contributed by atoms with van der Waals surface area (Å²) in [4.78, 5) is 0. The molecule has 1 heterocycles. The van der Waals surface area contributed by atoms with Crippen LogP contribution in [0.2, 0.25) is 5.15 Å². The Labute approximate surface area is 98.0 Å². The van der Waals surface area contributed by atoms with Gasteiger partial charge in [0.15, 0.2) is 11.0 Å². The Morgan fingerprint density at radius 1 is 1.25 bits per heavy atom. The third-order valence-electron chi connectivity index (χ3n) is 2.17. The van der Waals surface area contributed by atoms with E-state index in [2.05, 4.69) is 10.2 Å². The second-order valence-corrected chi connectivity index (χ2v) is 3.59. The SMILES string of the molecule is COc1cccc(-c2cc(Cl)nnc2N)c1. The van der Waals surface area contributed by atoms with Crippen molar-refractivity contribution in [1.29, 1.82) is 0 Å². The van der Waals surface area contributed by atoms with E-state index in [0.29, 0.717) is 11.0 Å². The van der Waals surface area contributed by atoms with Gasteiger partial charge in [-0.15, -0.1) is 10.2 Å². The van der Waals surface area contributed by atoms with Gasteiger partial charge in [0.25, 0.3) is 0 Å². The fourth-order valence-corrected chi connectivity index (χ4v) is 1.55. The van der Waals surface area contributed by atoms with E-state index in [1.807, 2.05) is 24.3 Å². The van der Waals surface area contributed by atoms with E-state index in [-0.39, 0.29) is 0 Å². The molecule has 2 N–H and O–H groups in total. The van der Waals surface area contributed by atoms with E-state index in [9.17, 15) is 0 Å². The summed E-state index contributed by atoms with van der Waals surface area (Å²) in [6, 6.07) is 9.19. The molecule has 16 heavy (non-hydrogen) atoms. The number of hydrogen-bond donors (Lipinski definition) is 1. The summed E-state index contributed by atoms with van der Waals surface area (Å²) in [6.07, 6.45) is 0. The van der Waals surface area contributed by atoms with Crippen molar-refractivity contribution in [3.63, 3.8) is 0 Å². The highest BCUT2D eigenvalue weighted by Crippen LogP contribution is 2.28. The van der Waals surface area contributed by atoms with Crippen LogP contribution in [0.4, 0.5) is 5.82 Å². The minimum atomic E-state index is 0.312. The first kappa shape index (κ1) is 10.7. The van der Waals surface area contributed by atoms with Gasteiger partial charge in [-0.25, -0.2) is 0 Å². The summed E-state index contributed by atoms with van der Waals surface area (Å²) >= 11 is 5.78. The maximum atomic E-state index is 5.78. The summed E-state index contributed by atoms with van der Waals surface area (Å²) in [5, 5.41) is 7.74. The number of halogens is 1. The van der Waals surface area contributed by atoms with Crippen molar-refractivity contribution in [2.75, 3.05) is 12.8 Å². The number of methoxy groups -OCH3 is 1. The topological polar surface area (TPSA) is 61.0 Å².